The van der Waals surface area contributed by atoms with Crippen molar-refractivity contribution >= 4 is 0 Å². The van der Waals surface area contributed by atoms with Crippen LogP contribution in [0.25, 0.3) is 0 Å². The first-order valence-electron chi connectivity index (χ1n) is 7.34. The van der Waals surface area contributed by atoms with Crippen LogP contribution >= 0.6 is 0 Å². The summed E-state index contributed by atoms with van der Waals surface area (Å²) in [6.07, 6.45) is 6.84. The van der Waals surface area contributed by atoms with Crippen molar-refractivity contribution in [1.82, 2.24) is 0 Å². The van der Waals surface area contributed by atoms with Crippen LogP contribution in [-0.4, -0.2) is 0 Å². The molecule has 0 aliphatic carbocycles. The Morgan fingerprint density at radius 2 is 1.50 bits per heavy atom. The topological polar surface area (TPSA) is 0 Å². The van der Waals surface area contributed by atoms with Gasteiger partial charge in [-0.15, -0.1) is 0 Å². The first-order chi connectivity index (χ1) is 7.34. The predicted octanol–water partition coefficient (Wildman–Crippen LogP) is 5.91. The second-order valence-corrected chi connectivity index (χ2v) is 6.63. The molecule has 0 aromatic rings. The van der Waals surface area contributed by atoms with Crippen LogP contribution in [0, 0.1) is 23.2 Å². The Morgan fingerprint density at radius 1 is 0.938 bits per heavy atom. The van der Waals surface area contributed by atoms with E-state index in [4.69, 9.17) is 0 Å². The smallest absolute Gasteiger partial charge is 0.0357 e. The van der Waals surface area contributed by atoms with Gasteiger partial charge in [-0.3, -0.25) is 0 Å². The van der Waals surface area contributed by atoms with Crippen molar-refractivity contribution < 1.29 is 0 Å². The molecule has 3 atom stereocenters. The molecule has 0 radical (unpaired) electrons. The summed E-state index contributed by atoms with van der Waals surface area (Å²) >= 11 is 0. The van der Waals surface area contributed by atoms with Crippen LogP contribution in [-0.2, 0) is 0 Å². The van der Waals surface area contributed by atoms with Crippen molar-refractivity contribution in [3.8, 4) is 0 Å². The summed E-state index contributed by atoms with van der Waals surface area (Å²) in [4.78, 5) is 0. The highest BCUT2D eigenvalue weighted by Gasteiger charge is 2.19. The van der Waals surface area contributed by atoms with Gasteiger partial charge in [0.15, 0.2) is 0 Å². The molecule has 0 aromatic carbocycles. The van der Waals surface area contributed by atoms with E-state index in [2.05, 4.69) is 48.5 Å². The van der Waals surface area contributed by atoms with Crippen molar-refractivity contribution in [2.75, 3.05) is 0 Å². The van der Waals surface area contributed by atoms with E-state index in [1.807, 2.05) is 0 Å². The van der Waals surface area contributed by atoms with Gasteiger partial charge in [0, 0.05) is 0 Å². The fourth-order valence-electron chi connectivity index (χ4n) is 2.27. The summed E-state index contributed by atoms with van der Waals surface area (Å²) in [5.74, 6) is 2.66. The predicted molar refractivity (Wildman–Crippen MR) is 75.7 cm³/mol. The Hall–Kier alpha value is 0. The van der Waals surface area contributed by atoms with E-state index in [0.717, 1.165) is 17.8 Å². The van der Waals surface area contributed by atoms with Crippen molar-refractivity contribution in [2.24, 2.45) is 23.2 Å². The lowest BCUT2D eigenvalue weighted by Crippen LogP contribution is -2.17. The fourth-order valence-corrected chi connectivity index (χ4v) is 2.27. The minimum atomic E-state index is 0.555. The van der Waals surface area contributed by atoms with E-state index in [1.165, 1.54) is 32.1 Å². The Bertz CT molecular complexity index is 169. The molecule has 0 heteroatoms. The van der Waals surface area contributed by atoms with Crippen molar-refractivity contribution in [1.29, 1.82) is 0 Å². The van der Waals surface area contributed by atoms with Crippen LogP contribution in [0.5, 0.6) is 0 Å². The third-order valence-corrected chi connectivity index (χ3v) is 4.91. The molecule has 0 nitrogen and oxygen atoms in total. The van der Waals surface area contributed by atoms with E-state index in [-0.39, 0.29) is 0 Å². The van der Waals surface area contributed by atoms with Gasteiger partial charge in [-0.2, -0.15) is 0 Å². The molecule has 0 aromatic heterocycles. The Labute approximate surface area is 104 Å². The molecule has 0 bridgehead atoms. The third-order valence-electron chi connectivity index (χ3n) is 4.91. The van der Waals surface area contributed by atoms with E-state index in [0.29, 0.717) is 5.41 Å². The summed E-state index contributed by atoms with van der Waals surface area (Å²) in [6.45, 7) is 16.7. The zero-order valence-corrected chi connectivity index (χ0v) is 12.8. The maximum atomic E-state index is 2.44. The lowest BCUT2D eigenvalue weighted by atomic mass is 9.78. The fraction of sp³-hybridized carbons (Fsp3) is 1.00. The summed E-state index contributed by atoms with van der Waals surface area (Å²) in [5, 5.41) is 0. The monoisotopic (exact) mass is 226 g/mol. The van der Waals surface area contributed by atoms with Gasteiger partial charge in [0.25, 0.3) is 0 Å². The van der Waals surface area contributed by atoms with Gasteiger partial charge in [0.05, 0.1) is 0 Å². The van der Waals surface area contributed by atoms with E-state index in [1.54, 1.807) is 0 Å². The molecule has 3 unspecified atom stereocenters. The first kappa shape index (κ1) is 16.0. The largest absolute Gasteiger partial charge is 0.0651 e. The van der Waals surface area contributed by atoms with Gasteiger partial charge in [0.1, 0.15) is 0 Å². The lowest BCUT2D eigenvalue weighted by molar-refractivity contribution is 0.236. The molecule has 0 heterocycles. The molecule has 0 aliphatic heterocycles. The lowest BCUT2D eigenvalue weighted by Gasteiger charge is -2.27. The van der Waals surface area contributed by atoms with Gasteiger partial charge in [0.2, 0.25) is 0 Å². The van der Waals surface area contributed by atoms with Crippen LogP contribution in [0.3, 0.4) is 0 Å². The minimum Gasteiger partial charge on any atom is -0.0651 e. The molecule has 98 valence electrons. The van der Waals surface area contributed by atoms with Crippen LogP contribution in [0.4, 0.5) is 0 Å². The number of hydrogen-bond acceptors (Lipinski definition) is 0. The van der Waals surface area contributed by atoms with Gasteiger partial charge in [-0.1, -0.05) is 74.1 Å². The van der Waals surface area contributed by atoms with Crippen LogP contribution in [0.15, 0.2) is 0 Å². The third kappa shape index (κ3) is 5.92. The molecule has 0 rings (SSSR count). The zero-order chi connectivity index (χ0) is 12.8. The summed E-state index contributed by atoms with van der Waals surface area (Å²) in [5.41, 5.74) is 0.555. The van der Waals surface area contributed by atoms with Gasteiger partial charge < -0.3 is 0 Å². The molecular formula is C16H34. The average molecular weight is 226 g/mol. The van der Waals surface area contributed by atoms with Gasteiger partial charge in [-0.05, 0) is 29.6 Å². The van der Waals surface area contributed by atoms with E-state index >= 15 is 0 Å². The summed E-state index contributed by atoms with van der Waals surface area (Å²) in [7, 11) is 0. The van der Waals surface area contributed by atoms with Gasteiger partial charge >= 0.3 is 0 Å². The Kier molecular flexibility index (Phi) is 7.35. The molecular weight excluding hydrogens is 192 g/mol. The van der Waals surface area contributed by atoms with Crippen LogP contribution in [0.1, 0.15) is 80.6 Å². The molecule has 0 amide bonds. The molecule has 0 saturated carbocycles. The molecule has 16 heavy (non-hydrogen) atoms. The Balaban J connectivity index is 3.85. The van der Waals surface area contributed by atoms with Crippen molar-refractivity contribution in [2.45, 2.75) is 80.6 Å². The second kappa shape index (κ2) is 7.35. The maximum absolute atomic E-state index is 2.44. The second-order valence-electron chi connectivity index (χ2n) is 6.63. The highest BCUT2D eigenvalue weighted by Crippen LogP contribution is 2.31. The molecule has 0 N–H and O–H groups in total. The van der Waals surface area contributed by atoms with Crippen molar-refractivity contribution in [3.05, 3.63) is 0 Å². The molecule has 0 saturated heterocycles. The highest BCUT2D eigenvalue weighted by molar-refractivity contribution is 4.70. The van der Waals surface area contributed by atoms with Crippen LogP contribution < -0.4 is 0 Å². The quantitative estimate of drug-likeness (QED) is 0.482. The van der Waals surface area contributed by atoms with Crippen LogP contribution in [0.2, 0.25) is 0 Å². The normalized spacial score (nSPS) is 18.2. The first-order valence-corrected chi connectivity index (χ1v) is 7.34. The number of rotatable bonds is 8. The summed E-state index contributed by atoms with van der Waals surface area (Å²) < 4.78 is 0. The molecule has 0 spiro atoms. The molecule has 0 aliphatic rings. The minimum absolute atomic E-state index is 0.555. The SMILES string of the molecule is CCC(C)C(C)C(C)CCCC(C)(C)CC. The Morgan fingerprint density at radius 3 is 1.94 bits per heavy atom. The average Bonchev–Trinajstić information content (AvgIpc) is 2.26. The maximum Gasteiger partial charge on any atom is -0.0357 e. The highest BCUT2D eigenvalue weighted by atomic mass is 14.2. The van der Waals surface area contributed by atoms with Crippen molar-refractivity contribution in [3.63, 3.8) is 0 Å². The number of hydrogen-bond donors (Lipinski definition) is 0. The van der Waals surface area contributed by atoms with E-state index < -0.39 is 0 Å². The standard InChI is InChI=1S/C16H34/c1-8-13(3)15(5)14(4)11-10-12-16(6,7)9-2/h13-15H,8-12H2,1-7H3. The molecule has 0 fully saturated rings. The summed E-state index contributed by atoms with van der Waals surface area (Å²) in [6, 6.07) is 0. The zero-order valence-electron chi connectivity index (χ0n) is 12.8. The van der Waals surface area contributed by atoms with E-state index in [9.17, 15) is 0 Å². The van der Waals surface area contributed by atoms with Gasteiger partial charge in [-0.25, -0.2) is 0 Å².